The molecule has 0 aliphatic rings. The Labute approximate surface area is 155 Å². The number of nitrogens with two attached hydrogens (primary N) is 1. The Balaban J connectivity index is 0.00000529. The number of carbonyl (C=O) groups excluding carboxylic acids is 1. The monoisotopic (exact) mass is 353 g/mol. The number of unbranched alkanes of at least 4 members (excludes halogenated alkanes) is 7. The van der Waals surface area contributed by atoms with Gasteiger partial charge in [-0.1, -0.05) is 95.5 Å². The molecule has 1 aromatic carbocycles. The molecule has 2 N–H and O–H groups in total. The van der Waals surface area contributed by atoms with Crippen LogP contribution in [0.15, 0.2) is 30.3 Å². The van der Waals surface area contributed by atoms with Crippen LogP contribution in [-0.2, 0) is 11.3 Å². The highest BCUT2D eigenvalue weighted by molar-refractivity contribution is 5.65. The minimum absolute atomic E-state index is 0. The highest BCUT2D eigenvalue weighted by atomic mass is 35.5. The third-order valence-corrected chi connectivity index (χ3v) is 4.36. The standard InChI is InChI=1S/C21H35NO.ClH/c1-19(2)14-10-7-5-3-4-6-8-13-17-21(23)22-18-20-15-11-9-12-16-20;/h9,11-12,15-16,19H,3-8,10,13-14,17-18H2,1-2H3,(H,22,23);1H. The normalized spacial score (nSPS) is 10.6. The van der Waals surface area contributed by atoms with Crippen molar-refractivity contribution in [1.82, 2.24) is 0 Å². The van der Waals surface area contributed by atoms with E-state index in [-0.39, 0.29) is 12.4 Å². The molecule has 0 radical (unpaired) electrons. The smallest absolute Gasteiger partial charge is 0.310 e. The van der Waals surface area contributed by atoms with Crippen LogP contribution in [0.4, 0.5) is 0 Å². The van der Waals surface area contributed by atoms with Crippen molar-refractivity contribution in [3.05, 3.63) is 35.9 Å². The van der Waals surface area contributed by atoms with E-state index in [1.54, 1.807) is 0 Å². The molecule has 24 heavy (non-hydrogen) atoms. The van der Waals surface area contributed by atoms with Gasteiger partial charge >= 0.3 is 5.91 Å². The van der Waals surface area contributed by atoms with Crippen LogP contribution in [0.25, 0.3) is 0 Å². The molecular formula is C21H36ClNO. The van der Waals surface area contributed by atoms with Gasteiger partial charge in [0, 0.05) is 5.56 Å². The van der Waals surface area contributed by atoms with Crippen molar-refractivity contribution < 1.29 is 22.5 Å². The van der Waals surface area contributed by atoms with Crippen molar-refractivity contribution in [1.29, 1.82) is 0 Å². The zero-order valence-electron chi connectivity index (χ0n) is 15.6. The summed E-state index contributed by atoms with van der Waals surface area (Å²) in [7, 11) is 0. The molecule has 0 unspecified atom stereocenters. The maximum Gasteiger partial charge on any atom is 0.310 e. The van der Waals surface area contributed by atoms with Crippen LogP contribution in [0.1, 0.15) is 83.6 Å². The van der Waals surface area contributed by atoms with Crippen molar-refractivity contribution >= 4 is 5.91 Å². The zero-order valence-corrected chi connectivity index (χ0v) is 16.4. The number of halogens is 1. The molecule has 2 nitrogen and oxygen atoms in total. The molecule has 0 fully saturated rings. The van der Waals surface area contributed by atoms with Gasteiger partial charge in [-0.3, -0.25) is 5.32 Å². The SMILES string of the molecule is CC(C)CCCCCCCCCCC(=O)[NH2+]Cc1ccccc1.[Cl-]. The lowest BCUT2D eigenvalue weighted by molar-refractivity contribution is -0.585. The van der Waals surface area contributed by atoms with Gasteiger partial charge in [0.05, 0.1) is 6.42 Å². The largest absolute Gasteiger partial charge is 1.00 e. The number of hydrogen-bond donors (Lipinski definition) is 1. The first-order valence-corrected chi connectivity index (χ1v) is 9.58. The van der Waals surface area contributed by atoms with Crippen molar-refractivity contribution in [3.63, 3.8) is 0 Å². The van der Waals surface area contributed by atoms with Gasteiger partial charge in [-0.25, -0.2) is 4.79 Å². The van der Waals surface area contributed by atoms with E-state index >= 15 is 0 Å². The van der Waals surface area contributed by atoms with Crippen molar-refractivity contribution in [2.75, 3.05) is 0 Å². The first kappa shape index (κ1) is 23.1. The predicted molar refractivity (Wildman–Crippen MR) is 98.1 cm³/mol. The van der Waals surface area contributed by atoms with E-state index in [2.05, 4.69) is 26.0 Å². The Morgan fingerprint density at radius 1 is 0.875 bits per heavy atom. The summed E-state index contributed by atoms with van der Waals surface area (Å²) in [4.78, 5) is 11.8. The maximum absolute atomic E-state index is 11.8. The average molecular weight is 354 g/mol. The molecule has 0 atom stereocenters. The van der Waals surface area contributed by atoms with E-state index < -0.39 is 0 Å². The fourth-order valence-corrected chi connectivity index (χ4v) is 2.86. The fraction of sp³-hybridized carbons (Fsp3) is 0.667. The summed E-state index contributed by atoms with van der Waals surface area (Å²) in [5, 5.41) is 1.85. The Kier molecular flexibility index (Phi) is 15.1. The van der Waals surface area contributed by atoms with Crippen LogP contribution in [0, 0.1) is 5.92 Å². The quantitative estimate of drug-likeness (QED) is 0.539. The highest BCUT2D eigenvalue weighted by Crippen LogP contribution is 2.12. The number of rotatable bonds is 13. The Bertz CT molecular complexity index is 406. The van der Waals surface area contributed by atoms with Gasteiger partial charge < -0.3 is 12.4 Å². The van der Waals surface area contributed by atoms with Crippen molar-refractivity contribution in [3.8, 4) is 0 Å². The van der Waals surface area contributed by atoms with Crippen molar-refractivity contribution in [2.24, 2.45) is 5.92 Å². The topological polar surface area (TPSA) is 33.7 Å². The molecule has 0 aliphatic carbocycles. The Morgan fingerprint density at radius 2 is 1.42 bits per heavy atom. The summed E-state index contributed by atoms with van der Waals surface area (Å²) < 4.78 is 0. The lowest BCUT2D eigenvalue weighted by atomic mass is 10.0. The fourth-order valence-electron chi connectivity index (χ4n) is 2.86. The number of hydrogen-bond acceptors (Lipinski definition) is 1. The molecule has 0 aliphatic heterocycles. The van der Waals surface area contributed by atoms with Crippen LogP contribution in [-0.4, -0.2) is 5.91 Å². The minimum atomic E-state index is 0. The number of benzene rings is 1. The summed E-state index contributed by atoms with van der Waals surface area (Å²) in [6.07, 6.45) is 12.5. The molecule has 1 amide bonds. The van der Waals surface area contributed by atoms with Crippen LogP contribution in [0.5, 0.6) is 0 Å². The third-order valence-electron chi connectivity index (χ3n) is 4.36. The Morgan fingerprint density at radius 3 is 2.00 bits per heavy atom. The third kappa shape index (κ3) is 13.6. The highest BCUT2D eigenvalue weighted by Gasteiger charge is 2.05. The summed E-state index contributed by atoms with van der Waals surface area (Å²) in [6.45, 7) is 5.38. The maximum atomic E-state index is 11.8. The second kappa shape index (κ2) is 15.7. The average Bonchev–Trinajstić information content (AvgIpc) is 2.55. The van der Waals surface area contributed by atoms with Crippen molar-refractivity contribution in [2.45, 2.75) is 84.6 Å². The van der Waals surface area contributed by atoms with E-state index in [9.17, 15) is 4.79 Å². The zero-order chi connectivity index (χ0) is 16.8. The molecule has 3 heteroatoms. The second-order valence-electron chi connectivity index (χ2n) is 7.12. The van der Waals surface area contributed by atoms with Crippen LogP contribution >= 0.6 is 0 Å². The van der Waals surface area contributed by atoms with Gasteiger partial charge in [-0.05, 0) is 12.3 Å². The molecular weight excluding hydrogens is 318 g/mol. The van der Waals surface area contributed by atoms with Crippen LogP contribution in [0.2, 0.25) is 0 Å². The summed E-state index contributed by atoms with van der Waals surface area (Å²) in [6, 6.07) is 10.2. The molecule has 1 aromatic rings. The van der Waals surface area contributed by atoms with E-state index in [4.69, 9.17) is 0 Å². The van der Waals surface area contributed by atoms with E-state index in [1.165, 1.54) is 56.9 Å². The number of amides is 1. The molecule has 0 aromatic heterocycles. The minimum Gasteiger partial charge on any atom is -1.00 e. The summed E-state index contributed by atoms with van der Waals surface area (Å²) >= 11 is 0. The Hall–Kier alpha value is -0.860. The van der Waals surface area contributed by atoms with Crippen LogP contribution in [0.3, 0.4) is 0 Å². The number of carbonyl (C=O) groups is 1. The van der Waals surface area contributed by atoms with Gasteiger partial charge in [0.1, 0.15) is 6.54 Å². The van der Waals surface area contributed by atoms with E-state index in [0.717, 1.165) is 25.3 Å². The van der Waals surface area contributed by atoms with Gasteiger partial charge in [0.25, 0.3) is 0 Å². The number of primary amides is 1. The first-order chi connectivity index (χ1) is 11.2. The summed E-state index contributed by atoms with van der Waals surface area (Å²) in [5.41, 5.74) is 1.22. The van der Waals surface area contributed by atoms with E-state index in [0.29, 0.717) is 5.91 Å². The number of quaternary nitrogens is 1. The lowest BCUT2D eigenvalue weighted by Crippen LogP contribution is -3.00. The van der Waals surface area contributed by atoms with Gasteiger partial charge in [0.2, 0.25) is 0 Å². The molecule has 0 heterocycles. The van der Waals surface area contributed by atoms with Gasteiger partial charge in [-0.2, -0.15) is 0 Å². The summed E-state index contributed by atoms with van der Waals surface area (Å²) in [5.74, 6) is 1.16. The molecule has 0 spiro atoms. The molecule has 1 rings (SSSR count). The molecule has 0 bridgehead atoms. The van der Waals surface area contributed by atoms with E-state index in [1.807, 2.05) is 23.5 Å². The molecule has 0 saturated carbocycles. The van der Waals surface area contributed by atoms with Gasteiger partial charge in [0.15, 0.2) is 0 Å². The molecule has 138 valence electrons. The molecule has 0 saturated heterocycles. The predicted octanol–water partition coefficient (Wildman–Crippen LogP) is 1.84. The van der Waals surface area contributed by atoms with Gasteiger partial charge in [-0.15, -0.1) is 0 Å². The first-order valence-electron chi connectivity index (χ1n) is 9.58. The van der Waals surface area contributed by atoms with Crippen LogP contribution < -0.4 is 17.7 Å². The second-order valence-corrected chi connectivity index (χ2v) is 7.12. The lowest BCUT2D eigenvalue weighted by Gasteiger charge is -2.04.